The standard InChI is InChI=1S/C22H38N6O4/c23-11-9-7-5-3-1-2-4-6-8-10-12-31-13-16-18(29)19(30)22(32-16)28-15-27-17-20(24)25-14-26-21(17)28/h14-16,18-19,22,29-30H,1-13,23H2,(H2,24,25,26)/t16-,18-,19-,22-/m1/s1. The minimum atomic E-state index is -1.12. The van der Waals surface area contributed by atoms with Crippen molar-refractivity contribution in [1.82, 2.24) is 19.5 Å². The Bertz CT molecular complexity index is 804. The first kappa shape index (κ1) is 24.8. The maximum Gasteiger partial charge on any atom is 0.167 e. The summed E-state index contributed by atoms with van der Waals surface area (Å²) in [5, 5.41) is 20.9. The summed E-state index contributed by atoms with van der Waals surface area (Å²) in [5.74, 6) is 0.254. The van der Waals surface area contributed by atoms with Crippen molar-refractivity contribution >= 4 is 17.0 Å². The Morgan fingerprint density at radius 2 is 1.56 bits per heavy atom. The van der Waals surface area contributed by atoms with Crippen LogP contribution in [-0.2, 0) is 9.47 Å². The summed E-state index contributed by atoms with van der Waals surface area (Å²) in [5.41, 5.74) is 12.2. The van der Waals surface area contributed by atoms with Gasteiger partial charge in [0.05, 0.1) is 12.9 Å². The predicted molar refractivity (Wildman–Crippen MR) is 122 cm³/mol. The second-order valence-corrected chi connectivity index (χ2v) is 8.53. The van der Waals surface area contributed by atoms with Crippen LogP contribution in [0.5, 0.6) is 0 Å². The van der Waals surface area contributed by atoms with Crippen LogP contribution in [0.1, 0.15) is 70.4 Å². The summed E-state index contributed by atoms with van der Waals surface area (Å²) in [6.45, 7) is 1.65. The molecule has 2 aromatic heterocycles. The summed E-state index contributed by atoms with van der Waals surface area (Å²) in [6.07, 6.45) is 11.4. The molecular weight excluding hydrogens is 412 g/mol. The van der Waals surface area contributed by atoms with E-state index in [0.717, 1.165) is 25.8 Å². The third-order valence-electron chi connectivity index (χ3n) is 6.02. The number of aromatic nitrogens is 4. The molecule has 180 valence electrons. The van der Waals surface area contributed by atoms with Crippen LogP contribution >= 0.6 is 0 Å². The van der Waals surface area contributed by atoms with Crippen LogP contribution in [0.3, 0.4) is 0 Å². The first-order valence-electron chi connectivity index (χ1n) is 11.9. The minimum absolute atomic E-state index is 0.223. The fourth-order valence-corrected chi connectivity index (χ4v) is 4.12. The lowest BCUT2D eigenvalue weighted by molar-refractivity contribution is -0.0657. The molecule has 0 aromatic carbocycles. The van der Waals surface area contributed by atoms with E-state index >= 15 is 0 Å². The maximum atomic E-state index is 10.5. The van der Waals surface area contributed by atoms with Crippen molar-refractivity contribution in [2.24, 2.45) is 5.73 Å². The van der Waals surface area contributed by atoms with E-state index in [2.05, 4.69) is 15.0 Å². The highest BCUT2D eigenvalue weighted by molar-refractivity contribution is 5.81. The lowest BCUT2D eigenvalue weighted by atomic mass is 10.1. The minimum Gasteiger partial charge on any atom is -0.387 e. The first-order valence-corrected chi connectivity index (χ1v) is 11.9. The smallest absolute Gasteiger partial charge is 0.167 e. The molecule has 1 aliphatic heterocycles. The lowest BCUT2D eigenvalue weighted by Gasteiger charge is -2.16. The van der Waals surface area contributed by atoms with Gasteiger partial charge in [0.15, 0.2) is 17.7 Å². The van der Waals surface area contributed by atoms with Gasteiger partial charge in [-0.05, 0) is 19.4 Å². The molecule has 0 aliphatic carbocycles. The van der Waals surface area contributed by atoms with Crippen molar-refractivity contribution in [3.63, 3.8) is 0 Å². The number of aliphatic hydroxyl groups is 2. The van der Waals surface area contributed by atoms with Crippen LogP contribution in [-0.4, -0.2) is 67.8 Å². The van der Waals surface area contributed by atoms with E-state index in [1.807, 2.05) is 0 Å². The molecule has 6 N–H and O–H groups in total. The van der Waals surface area contributed by atoms with Gasteiger partial charge in [0.2, 0.25) is 0 Å². The first-order chi connectivity index (χ1) is 15.6. The monoisotopic (exact) mass is 450 g/mol. The molecule has 0 radical (unpaired) electrons. The van der Waals surface area contributed by atoms with Gasteiger partial charge in [-0.15, -0.1) is 0 Å². The highest BCUT2D eigenvalue weighted by Crippen LogP contribution is 2.32. The Morgan fingerprint density at radius 3 is 2.25 bits per heavy atom. The number of nitrogens with two attached hydrogens (primary N) is 2. The van der Waals surface area contributed by atoms with Crippen LogP contribution < -0.4 is 11.5 Å². The number of rotatable bonds is 15. The number of fused-ring (bicyclic) bond motifs is 1. The fraction of sp³-hybridized carbons (Fsp3) is 0.773. The summed E-state index contributed by atoms with van der Waals surface area (Å²) in [6, 6.07) is 0. The van der Waals surface area contributed by atoms with Crippen molar-refractivity contribution in [2.75, 3.05) is 25.5 Å². The lowest BCUT2D eigenvalue weighted by Crippen LogP contribution is -2.33. The van der Waals surface area contributed by atoms with Crippen LogP contribution in [0.4, 0.5) is 5.82 Å². The molecule has 1 aliphatic rings. The largest absolute Gasteiger partial charge is 0.387 e. The van der Waals surface area contributed by atoms with Gasteiger partial charge in [-0.25, -0.2) is 15.0 Å². The number of anilines is 1. The molecule has 4 atom stereocenters. The van der Waals surface area contributed by atoms with Gasteiger partial charge in [0.25, 0.3) is 0 Å². The molecule has 0 unspecified atom stereocenters. The molecule has 0 amide bonds. The number of aliphatic hydroxyl groups excluding tert-OH is 2. The molecule has 2 aromatic rings. The number of nitrogen functional groups attached to an aromatic ring is 1. The summed E-state index contributed by atoms with van der Waals surface area (Å²) < 4.78 is 13.2. The van der Waals surface area contributed by atoms with E-state index in [0.29, 0.717) is 17.8 Å². The van der Waals surface area contributed by atoms with E-state index in [4.69, 9.17) is 20.9 Å². The van der Waals surface area contributed by atoms with Crippen molar-refractivity contribution in [3.8, 4) is 0 Å². The topological polar surface area (TPSA) is 155 Å². The molecule has 0 spiro atoms. The highest BCUT2D eigenvalue weighted by Gasteiger charge is 2.44. The zero-order chi connectivity index (χ0) is 22.8. The Labute approximate surface area is 189 Å². The second kappa shape index (κ2) is 13.0. The summed E-state index contributed by atoms with van der Waals surface area (Å²) in [4.78, 5) is 12.3. The fourth-order valence-electron chi connectivity index (χ4n) is 4.12. The zero-order valence-electron chi connectivity index (χ0n) is 18.8. The Hall–Kier alpha value is -1.85. The predicted octanol–water partition coefficient (Wildman–Crippen LogP) is 1.90. The Morgan fingerprint density at radius 1 is 0.906 bits per heavy atom. The van der Waals surface area contributed by atoms with E-state index in [1.165, 1.54) is 57.6 Å². The molecule has 3 heterocycles. The van der Waals surface area contributed by atoms with Gasteiger partial charge in [-0.3, -0.25) is 4.57 Å². The molecule has 32 heavy (non-hydrogen) atoms. The molecule has 3 rings (SSSR count). The summed E-state index contributed by atoms with van der Waals surface area (Å²) in [7, 11) is 0. The molecule has 10 heteroatoms. The van der Waals surface area contributed by atoms with Gasteiger partial charge in [-0.1, -0.05) is 51.4 Å². The number of nitrogens with zero attached hydrogens (tertiary/aromatic N) is 4. The van der Waals surface area contributed by atoms with Crippen LogP contribution in [0.2, 0.25) is 0 Å². The van der Waals surface area contributed by atoms with Crippen LogP contribution in [0.15, 0.2) is 12.7 Å². The molecule has 1 saturated heterocycles. The van der Waals surface area contributed by atoms with E-state index in [-0.39, 0.29) is 12.4 Å². The molecule has 10 nitrogen and oxygen atoms in total. The molecule has 0 saturated carbocycles. The Kier molecular flexibility index (Phi) is 10.1. The van der Waals surface area contributed by atoms with Crippen LogP contribution in [0, 0.1) is 0 Å². The molecule has 0 bridgehead atoms. The third-order valence-corrected chi connectivity index (χ3v) is 6.02. The number of ether oxygens (including phenoxy) is 2. The van der Waals surface area contributed by atoms with Gasteiger partial charge in [0, 0.05) is 6.61 Å². The number of unbranched alkanes of at least 4 members (excludes halogenated alkanes) is 9. The van der Waals surface area contributed by atoms with Gasteiger partial charge >= 0.3 is 0 Å². The molecule has 1 fully saturated rings. The van der Waals surface area contributed by atoms with E-state index in [9.17, 15) is 10.2 Å². The van der Waals surface area contributed by atoms with Crippen LogP contribution in [0.25, 0.3) is 11.2 Å². The SMILES string of the molecule is NCCCCCCCCCCCCOC[C@H]1O[C@@H](n2cnc3c(N)ncnc32)[C@H](O)[C@@H]1O. The zero-order valence-corrected chi connectivity index (χ0v) is 18.8. The number of hydrogen-bond acceptors (Lipinski definition) is 9. The van der Waals surface area contributed by atoms with Crippen molar-refractivity contribution in [1.29, 1.82) is 0 Å². The Balaban J connectivity index is 1.30. The second-order valence-electron chi connectivity index (χ2n) is 8.53. The molecular formula is C22H38N6O4. The number of imidazole rings is 1. The highest BCUT2D eigenvalue weighted by atomic mass is 16.6. The van der Waals surface area contributed by atoms with Crippen molar-refractivity contribution in [3.05, 3.63) is 12.7 Å². The normalized spacial score (nSPS) is 23.3. The van der Waals surface area contributed by atoms with Crippen molar-refractivity contribution in [2.45, 2.75) is 88.7 Å². The quantitative estimate of drug-likeness (QED) is 0.298. The number of hydrogen-bond donors (Lipinski definition) is 4. The van der Waals surface area contributed by atoms with Gasteiger partial charge in [-0.2, -0.15) is 0 Å². The van der Waals surface area contributed by atoms with Gasteiger partial charge in [0.1, 0.15) is 30.2 Å². The maximum absolute atomic E-state index is 10.5. The summed E-state index contributed by atoms with van der Waals surface area (Å²) >= 11 is 0. The average Bonchev–Trinajstić information content (AvgIpc) is 3.34. The third kappa shape index (κ3) is 6.58. The van der Waals surface area contributed by atoms with E-state index < -0.39 is 24.5 Å². The van der Waals surface area contributed by atoms with E-state index in [1.54, 1.807) is 4.57 Å². The average molecular weight is 451 g/mol. The van der Waals surface area contributed by atoms with Crippen molar-refractivity contribution < 1.29 is 19.7 Å². The van der Waals surface area contributed by atoms with Gasteiger partial charge < -0.3 is 31.2 Å².